The van der Waals surface area contributed by atoms with Gasteiger partial charge in [-0.3, -0.25) is 4.79 Å². The summed E-state index contributed by atoms with van der Waals surface area (Å²) in [5.74, 6) is -1.19. The maximum absolute atomic E-state index is 12.9. The summed E-state index contributed by atoms with van der Waals surface area (Å²) in [4.78, 5) is 24.5. The SMILES string of the molecule is CCc1ccc(NC(=O)c2cnn3c2NC(C(=O)O)=C[C@H]3c2ccc(Cl)cc2)cc1. The van der Waals surface area contributed by atoms with Gasteiger partial charge < -0.3 is 15.7 Å². The second-order valence-electron chi connectivity index (χ2n) is 6.86. The smallest absolute Gasteiger partial charge is 0.352 e. The molecule has 8 heteroatoms. The summed E-state index contributed by atoms with van der Waals surface area (Å²) in [5.41, 5.74) is 2.84. The first kappa shape index (κ1) is 19.7. The van der Waals surface area contributed by atoms with Crippen LogP contribution in [0.3, 0.4) is 0 Å². The molecule has 3 N–H and O–H groups in total. The number of allylic oxidation sites excluding steroid dienone is 1. The lowest BCUT2D eigenvalue weighted by molar-refractivity contribution is -0.132. The van der Waals surface area contributed by atoms with E-state index < -0.39 is 12.0 Å². The molecule has 0 radical (unpaired) electrons. The molecule has 0 unspecified atom stereocenters. The van der Waals surface area contributed by atoms with Crippen LogP contribution in [0.4, 0.5) is 11.5 Å². The van der Waals surface area contributed by atoms with E-state index in [0.29, 0.717) is 16.5 Å². The van der Waals surface area contributed by atoms with Gasteiger partial charge in [-0.25, -0.2) is 9.48 Å². The molecule has 0 aliphatic carbocycles. The number of hydrogen-bond acceptors (Lipinski definition) is 4. The van der Waals surface area contributed by atoms with E-state index in [4.69, 9.17) is 11.6 Å². The number of fused-ring (bicyclic) bond motifs is 1. The molecular formula is C22H19ClN4O3. The number of carboxylic acid groups (broad SMARTS) is 1. The molecule has 3 aromatic rings. The molecule has 4 rings (SSSR count). The quantitative estimate of drug-likeness (QED) is 0.568. The van der Waals surface area contributed by atoms with E-state index in [0.717, 1.165) is 12.0 Å². The number of rotatable bonds is 5. The van der Waals surface area contributed by atoms with Crippen molar-refractivity contribution in [1.82, 2.24) is 9.78 Å². The largest absolute Gasteiger partial charge is 0.477 e. The highest BCUT2D eigenvalue weighted by atomic mass is 35.5. The third-order valence-corrected chi connectivity index (χ3v) is 5.20. The van der Waals surface area contributed by atoms with Crippen LogP contribution >= 0.6 is 11.6 Å². The van der Waals surface area contributed by atoms with Gasteiger partial charge in [0.25, 0.3) is 5.91 Å². The van der Waals surface area contributed by atoms with Crippen molar-refractivity contribution in [2.24, 2.45) is 0 Å². The maximum Gasteiger partial charge on any atom is 0.352 e. The van der Waals surface area contributed by atoms with E-state index in [-0.39, 0.29) is 17.2 Å². The van der Waals surface area contributed by atoms with Crippen LogP contribution in [0.15, 0.2) is 66.5 Å². The fourth-order valence-electron chi connectivity index (χ4n) is 3.31. The first-order valence-corrected chi connectivity index (χ1v) is 9.79. The highest BCUT2D eigenvalue weighted by molar-refractivity contribution is 6.30. The van der Waals surface area contributed by atoms with Gasteiger partial charge in [0.1, 0.15) is 17.1 Å². The number of carbonyl (C=O) groups excluding carboxylic acids is 1. The van der Waals surface area contributed by atoms with Crippen molar-refractivity contribution in [1.29, 1.82) is 0 Å². The number of aliphatic carboxylic acids is 1. The average Bonchev–Trinajstić information content (AvgIpc) is 3.18. The van der Waals surface area contributed by atoms with E-state index in [2.05, 4.69) is 22.7 Å². The molecule has 1 aliphatic rings. The Labute approximate surface area is 178 Å². The van der Waals surface area contributed by atoms with Crippen LogP contribution in [0, 0.1) is 0 Å². The Balaban J connectivity index is 1.68. The Kier molecular flexibility index (Phi) is 5.29. The average molecular weight is 423 g/mol. The molecule has 2 aromatic carbocycles. The van der Waals surface area contributed by atoms with E-state index in [1.165, 1.54) is 11.8 Å². The first-order chi connectivity index (χ1) is 14.5. The predicted octanol–water partition coefficient (Wildman–Crippen LogP) is 4.33. The molecule has 1 atom stereocenters. The van der Waals surface area contributed by atoms with Gasteiger partial charge in [-0.2, -0.15) is 5.10 Å². The number of aryl methyl sites for hydroxylation is 1. The number of benzene rings is 2. The minimum Gasteiger partial charge on any atom is -0.477 e. The zero-order valence-corrected chi connectivity index (χ0v) is 16.8. The number of amides is 1. The molecule has 152 valence electrons. The highest BCUT2D eigenvalue weighted by Crippen LogP contribution is 2.33. The Bertz CT molecular complexity index is 1130. The van der Waals surface area contributed by atoms with Crippen LogP contribution in [0.1, 0.15) is 34.5 Å². The van der Waals surface area contributed by atoms with Crippen molar-refractivity contribution in [3.8, 4) is 0 Å². The Hall–Kier alpha value is -3.58. The predicted molar refractivity (Wildman–Crippen MR) is 115 cm³/mol. The van der Waals surface area contributed by atoms with Crippen molar-refractivity contribution < 1.29 is 14.7 Å². The lowest BCUT2D eigenvalue weighted by Crippen LogP contribution is -2.25. The normalized spacial score (nSPS) is 15.0. The zero-order chi connectivity index (χ0) is 21.3. The van der Waals surface area contributed by atoms with Crippen LogP contribution in [-0.4, -0.2) is 26.8 Å². The third-order valence-electron chi connectivity index (χ3n) is 4.94. The van der Waals surface area contributed by atoms with Crippen molar-refractivity contribution in [2.45, 2.75) is 19.4 Å². The number of anilines is 2. The summed E-state index contributed by atoms with van der Waals surface area (Å²) in [5, 5.41) is 20.1. The van der Waals surface area contributed by atoms with E-state index >= 15 is 0 Å². The number of nitrogens with zero attached hydrogens (tertiary/aromatic N) is 2. The Morgan fingerprint density at radius 3 is 2.50 bits per heavy atom. The van der Waals surface area contributed by atoms with Gasteiger partial charge >= 0.3 is 5.97 Å². The van der Waals surface area contributed by atoms with Gasteiger partial charge in [0.15, 0.2) is 0 Å². The fraction of sp³-hybridized carbons (Fsp3) is 0.136. The second kappa shape index (κ2) is 8.04. The lowest BCUT2D eigenvalue weighted by Gasteiger charge is -2.24. The summed E-state index contributed by atoms with van der Waals surface area (Å²) >= 11 is 5.97. The number of halogens is 1. The monoisotopic (exact) mass is 422 g/mol. The fourth-order valence-corrected chi connectivity index (χ4v) is 3.43. The summed E-state index contributed by atoms with van der Waals surface area (Å²) in [7, 11) is 0. The summed E-state index contributed by atoms with van der Waals surface area (Å²) in [6, 6.07) is 14.1. The van der Waals surface area contributed by atoms with Crippen molar-refractivity contribution in [3.63, 3.8) is 0 Å². The zero-order valence-electron chi connectivity index (χ0n) is 16.1. The molecule has 0 saturated heterocycles. The lowest BCUT2D eigenvalue weighted by atomic mass is 10.0. The van der Waals surface area contributed by atoms with Crippen molar-refractivity contribution >= 4 is 35.0 Å². The van der Waals surface area contributed by atoms with Crippen molar-refractivity contribution in [3.05, 3.63) is 88.2 Å². The standard InChI is InChI=1S/C22H19ClN4O3/c1-2-13-3-9-16(10-4-13)25-21(28)17-12-24-27-19(14-5-7-15(23)8-6-14)11-18(22(29)30)26-20(17)27/h3-12,19,26H,2H2,1H3,(H,25,28)(H,29,30)/t19-/m0/s1. The topological polar surface area (TPSA) is 96.3 Å². The number of hydrogen-bond donors (Lipinski definition) is 3. The molecule has 0 fully saturated rings. The Morgan fingerprint density at radius 2 is 1.87 bits per heavy atom. The van der Waals surface area contributed by atoms with Gasteiger partial charge in [0.2, 0.25) is 0 Å². The number of nitrogens with one attached hydrogen (secondary N) is 2. The molecule has 1 amide bonds. The van der Waals surface area contributed by atoms with Crippen LogP contribution in [0.5, 0.6) is 0 Å². The van der Waals surface area contributed by atoms with Crippen LogP contribution in [-0.2, 0) is 11.2 Å². The highest BCUT2D eigenvalue weighted by Gasteiger charge is 2.29. The molecule has 1 aliphatic heterocycles. The van der Waals surface area contributed by atoms with Gasteiger partial charge in [0.05, 0.1) is 12.2 Å². The number of carbonyl (C=O) groups is 2. The molecule has 0 bridgehead atoms. The van der Waals surface area contributed by atoms with Gasteiger partial charge in [-0.15, -0.1) is 0 Å². The van der Waals surface area contributed by atoms with Gasteiger partial charge in [-0.1, -0.05) is 42.8 Å². The van der Waals surface area contributed by atoms with Crippen molar-refractivity contribution in [2.75, 3.05) is 10.6 Å². The third kappa shape index (κ3) is 3.79. The molecule has 2 heterocycles. The van der Waals surface area contributed by atoms with Gasteiger partial charge in [-0.05, 0) is 47.9 Å². The maximum atomic E-state index is 12.9. The van der Waals surface area contributed by atoms with E-state index in [9.17, 15) is 14.7 Å². The van der Waals surface area contributed by atoms with Gasteiger partial charge in [0, 0.05) is 10.7 Å². The Morgan fingerprint density at radius 1 is 1.17 bits per heavy atom. The van der Waals surface area contributed by atoms with Crippen LogP contribution in [0.2, 0.25) is 5.02 Å². The van der Waals surface area contributed by atoms with Crippen LogP contribution < -0.4 is 10.6 Å². The number of carboxylic acids is 1. The van der Waals surface area contributed by atoms with Crippen LogP contribution in [0.25, 0.3) is 0 Å². The molecule has 0 spiro atoms. The molecule has 7 nitrogen and oxygen atoms in total. The first-order valence-electron chi connectivity index (χ1n) is 9.41. The number of aromatic nitrogens is 2. The van der Waals surface area contributed by atoms with E-state index in [1.54, 1.807) is 35.0 Å². The minimum absolute atomic E-state index is 0.0238. The summed E-state index contributed by atoms with van der Waals surface area (Å²) in [6.07, 6.45) is 3.89. The molecule has 0 saturated carbocycles. The summed E-state index contributed by atoms with van der Waals surface area (Å²) < 4.78 is 1.59. The van der Waals surface area contributed by atoms with E-state index in [1.807, 2.05) is 24.3 Å². The molecule has 1 aromatic heterocycles. The second-order valence-corrected chi connectivity index (χ2v) is 7.30. The minimum atomic E-state index is -1.12. The molecule has 30 heavy (non-hydrogen) atoms. The molecular weight excluding hydrogens is 404 g/mol. The summed E-state index contributed by atoms with van der Waals surface area (Å²) in [6.45, 7) is 2.06.